The predicted molar refractivity (Wildman–Crippen MR) is 84.6 cm³/mol. The Hall–Kier alpha value is -2.51. The van der Waals surface area contributed by atoms with Gasteiger partial charge in [-0.1, -0.05) is 0 Å². The highest BCUT2D eigenvalue weighted by atomic mass is 19.4. The van der Waals surface area contributed by atoms with Crippen LogP contribution in [0.15, 0.2) is 28.9 Å². The number of fused-ring (bicyclic) bond motifs is 1. The van der Waals surface area contributed by atoms with Crippen molar-refractivity contribution in [1.82, 2.24) is 15.1 Å². The van der Waals surface area contributed by atoms with Crippen molar-refractivity contribution < 1.29 is 22.4 Å². The number of aromatic nitrogens is 2. The van der Waals surface area contributed by atoms with E-state index in [-0.39, 0.29) is 19.0 Å². The Morgan fingerprint density at radius 3 is 2.88 bits per heavy atom. The number of hydrogen-bond acceptors (Lipinski definition) is 3. The zero-order valence-corrected chi connectivity index (χ0v) is 13.5. The molecule has 0 unspecified atom stereocenters. The van der Waals surface area contributed by atoms with Crippen molar-refractivity contribution >= 4 is 12.0 Å². The van der Waals surface area contributed by atoms with E-state index in [1.54, 1.807) is 12.1 Å². The zero-order valence-electron chi connectivity index (χ0n) is 13.5. The minimum absolute atomic E-state index is 0.201. The van der Waals surface area contributed by atoms with Gasteiger partial charge in [-0.15, -0.1) is 0 Å². The number of nitrogens with one attached hydrogen (secondary N) is 1. The highest BCUT2D eigenvalue weighted by molar-refractivity contribution is 5.91. The number of hydrogen-bond donors (Lipinski definition) is 1. The normalized spacial score (nSPS) is 14.7. The first-order valence-corrected chi connectivity index (χ1v) is 8.10. The summed E-state index contributed by atoms with van der Waals surface area (Å²) in [7, 11) is 0. The van der Waals surface area contributed by atoms with Crippen molar-refractivity contribution in [2.24, 2.45) is 0 Å². The van der Waals surface area contributed by atoms with Gasteiger partial charge in [-0.3, -0.25) is 9.48 Å². The van der Waals surface area contributed by atoms with Gasteiger partial charge in [0.15, 0.2) is 5.69 Å². The summed E-state index contributed by atoms with van der Waals surface area (Å²) < 4.78 is 45.8. The molecule has 0 radical (unpaired) electrons. The summed E-state index contributed by atoms with van der Waals surface area (Å²) in [6.45, 7) is 0.408. The van der Waals surface area contributed by atoms with Crippen LogP contribution < -0.4 is 5.32 Å². The third-order valence-electron chi connectivity index (χ3n) is 4.09. The second-order valence-electron chi connectivity index (χ2n) is 5.84. The van der Waals surface area contributed by atoms with E-state index >= 15 is 0 Å². The molecule has 1 aliphatic rings. The average molecular weight is 353 g/mol. The molecular formula is C17H18F3N3O2. The molecule has 1 aliphatic carbocycles. The molecule has 5 nitrogen and oxygen atoms in total. The van der Waals surface area contributed by atoms with Crippen LogP contribution in [-0.4, -0.2) is 22.2 Å². The zero-order chi connectivity index (χ0) is 17.9. The third-order valence-corrected chi connectivity index (χ3v) is 4.09. The standard InChI is InChI=1S/C17H18F3N3O2/c18-17(19,20)16-13-5-1-2-6-14(13)23(22-16)10-9-21-15(24)8-7-12-4-3-11-25-12/h3-4,7-8,11H,1-2,5-6,9-10H2,(H,21,24)/b8-7+. The average Bonchev–Trinajstić information content (AvgIpc) is 3.20. The summed E-state index contributed by atoms with van der Waals surface area (Å²) in [6, 6.07) is 3.41. The van der Waals surface area contributed by atoms with Crippen molar-refractivity contribution in [3.63, 3.8) is 0 Å². The van der Waals surface area contributed by atoms with Crippen molar-refractivity contribution in [2.75, 3.05) is 6.54 Å². The van der Waals surface area contributed by atoms with Gasteiger partial charge in [0.05, 0.1) is 12.8 Å². The molecule has 2 heterocycles. The molecule has 25 heavy (non-hydrogen) atoms. The number of furan rings is 1. The number of nitrogens with zero attached hydrogens (tertiary/aromatic N) is 2. The summed E-state index contributed by atoms with van der Waals surface area (Å²) >= 11 is 0. The highest BCUT2D eigenvalue weighted by Crippen LogP contribution is 2.35. The Morgan fingerprint density at radius 2 is 2.16 bits per heavy atom. The molecule has 0 saturated heterocycles. The van der Waals surface area contributed by atoms with Crippen LogP contribution in [0.1, 0.15) is 35.6 Å². The number of alkyl halides is 3. The SMILES string of the molecule is O=C(/C=C/c1ccco1)NCCn1nc(C(F)(F)F)c2c1CCCC2. The van der Waals surface area contributed by atoms with Crippen LogP contribution in [0.5, 0.6) is 0 Å². The van der Waals surface area contributed by atoms with Gasteiger partial charge in [-0.2, -0.15) is 18.3 Å². The summed E-state index contributed by atoms with van der Waals surface area (Å²) in [4.78, 5) is 11.7. The maximum absolute atomic E-state index is 13.1. The minimum atomic E-state index is -4.44. The van der Waals surface area contributed by atoms with E-state index in [1.807, 2.05) is 0 Å². The summed E-state index contributed by atoms with van der Waals surface area (Å²) in [5.74, 6) is 0.208. The van der Waals surface area contributed by atoms with Gasteiger partial charge in [0.2, 0.25) is 5.91 Å². The van der Waals surface area contributed by atoms with Crippen molar-refractivity contribution in [3.8, 4) is 0 Å². The second kappa shape index (κ2) is 7.16. The van der Waals surface area contributed by atoms with Gasteiger partial charge < -0.3 is 9.73 Å². The fraction of sp³-hybridized carbons (Fsp3) is 0.412. The molecule has 0 aromatic carbocycles. The Kier molecular flexibility index (Phi) is 4.96. The van der Waals surface area contributed by atoms with E-state index in [0.29, 0.717) is 29.9 Å². The molecule has 0 bridgehead atoms. The van der Waals surface area contributed by atoms with E-state index in [1.165, 1.54) is 23.1 Å². The number of carbonyl (C=O) groups is 1. The lowest BCUT2D eigenvalue weighted by molar-refractivity contribution is -0.142. The molecule has 0 spiro atoms. The molecule has 8 heteroatoms. The lowest BCUT2D eigenvalue weighted by Crippen LogP contribution is -2.26. The van der Waals surface area contributed by atoms with Crippen LogP contribution in [0.4, 0.5) is 13.2 Å². The van der Waals surface area contributed by atoms with E-state index in [9.17, 15) is 18.0 Å². The van der Waals surface area contributed by atoms with Crippen LogP contribution in [0.2, 0.25) is 0 Å². The van der Waals surface area contributed by atoms with E-state index in [0.717, 1.165) is 12.8 Å². The first-order chi connectivity index (χ1) is 11.9. The van der Waals surface area contributed by atoms with Crippen LogP contribution in [-0.2, 0) is 30.4 Å². The number of rotatable bonds is 5. The van der Waals surface area contributed by atoms with Crippen LogP contribution in [0.3, 0.4) is 0 Å². The number of amides is 1. The van der Waals surface area contributed by atoms with E-state index < -0.39 is 11.9 Å². The third kappa shape index (κ3) is 4.12. The highest BCUT2D eigenvalue weighted by Gasteiger charge is 2.39. The minimum Gasteiger partial charge on any atom is -0.465 e. The predicted octanol–water partition coefficient (Wildman–Crippen LogP) is 3.20. The monoisotopic (exact) mass is 353 g/mol. The Bertz CT molecular complexity index is 761. The molecular weight excluding hydrogens is 335 g/mol. The van der Waals surface area contributed by atoms with E-state index in [2.05, 4.69) is 10.4 Å². The quantitative estimate of drug-likeness (QED) is 0.840. The fourth-order valence-electron chi connectivity index (χ4n) is 2.97. The van der Waals surface area contributed by atoms with Crippen LogP contribution in [0.25, 0.3) is 6.08 Å². The maximum atomic E-state index is 13.1. The molecule has 0 aliphatic heterocycles. The summed E-state index contributed by atoms with van der Waals surface area (Å²) in [6.07, 6.45) is 2.49. The van der Waals surface area contributed by atoms with Gasteiger partial charge in [0.1, 0.15) is 5.76 Å². The summed E-state index contributed by atoms with van der Waals surface area (Å²) in [5, 5.41) is 6.39. The number of carbonyl (C=O) groups excluding carboxylic acids is 1. The molecule has 1 amide bonds. The second-order valence-corrected chi connectivity index (χ2v) is 5.84. The molecule has 2 aromatic heterocycles. The molecule has 1 N–H and O–H groups in total. The Morgan fingerprint density at radius 1 is 1.36 bits per heavy atom. The molecule has 3 rings (SSSR count). The van der Waals surface area contributed by atoms with Gasteiger partial charge in [0.25, 0.3) is 0 Å². The van der Waals surface area contributed by atoms with E-state index in [4.69, 9.17) is 4.42 Å². The molecule has 0 atom stereocenters. The molecule has 2 aromatic rings. The van der Waals surface area contributed by atoms with Gasteiger partial charge in [-0.25, -0.2) is 0 Å². The molecule has 134 valence electrons. The van der Waals surface area contributed by atoms with Gasteiger partial charge >= 0.3 is 6.18 Å². The lowest BCUT2D eigenvalue weighted by atomic mass is 9.95. The number of halogens is 3. The largest absolute Gasteiger partial charge is 0.465 e. The lowest BCUT2D eigenvalue weighted by Gasteiger charge is -2.14. The van der Waals surface area contributed by atoms with Gasteiger partial charge in [0, 0.05) is 23.9 Å². The van der Waals surface area contributed by atoms with Crippen LogP contribution >= 0.6 is 0 Å². The maximum Gasteiger partial charge on any atom is 0.435 e. The summed E-state index contributed by atoms with van der Waals surface area (Å²) in [5.41, 5.74) is 0.160. The van der Waals surface area contributed by atoms with Crippen LogP contribution in [0, 0.1) is 0 Å². The molecule has 0 fully saturated rings. The first kappa shape index (κ1) is 17.3. The Balaban J connectivity index is 1.61. The molecule has 0 saturated carbocycles. The Labute approximate surface area is 142 Å². The van der Waals surface area contributed by atoms with Crippen molar-refractivity contribution in [1.29, 1.82) is 0 Å². The first-order valence-electron chi connectivity index (χ1n) is 8.10. The topological polar surface area (TPSA) is 60.1 Å². The van der Waals surface area contributed by atoms with Crippen molar-refractivity contribution in [3.05, 3.63) is 47.2 Å². The van der Waals surface area contributed by atoms with Crippen molar-refractivity contribution in [2.45, 2.75) is 38.4 Å². The van der Waals surface area contributed by atoms with Gasteiger partial charge in [-0.05, 0) is 43.9 Å². The smallest absolute Gasteiger partial charge is 0.435 e. The fourth-order valence-corrected chi connectivity index (χ4v) is 2.97.